The van der Waals surface area contributed by atoms with E-state index < -0.39 is 9.84 Å². The molecule has 1 N–H and O–H groups in total. The van der Waals surface area contributed by atoms with Crippen LogP contribution in [0.1, 0.15) is 41.0 Å². The number of hydrogen-bond acceptors (Lipinski definition) is 5. The maximum atomic E-state index is 11.8. The van der Waals surface area contributed by atoms with Gasteiger partial charge in [-0.25, -0.2) is 13.1 Å². The van der Waals surface area contributed by atoms with E-state index in [2.05, 4.69) is 49.1 Å². The number of hydrogen-bond donors (Lipinski definition) is 1. The van der Waals surface area contributed by atoms with Crippen molar-refractivity contribution in [3.8, 4) is 0 Å². The Kier molecular flexibility index (Phi) is 6.09. The molecular formula is C17H30N4O2S. The third-order valence-electron chi connectivity index (χ3n) is 4.47. The summed E-state index contributed by atoms with van der Waals surface area (Å²) < 4.78 is 25.5. The lowest BCUT2D eigenvalue weighted by molar-refractivity contribution is 0.185. The van der Waals surface area contributed by atoms with Crippen molar-refractivity contribution < 1.29 is 8.42 Å². The first-order chi connectivity index (χ1) is 11.2. The summed E-state index contributed by atoms with van der Waals surface area (Å²) in [7, 11) is -2.90. The predicted octanol–water partition coefficient (Wildman–Crippen LogP) is 2.67. The lowest BCUT2D eigenvalue weighted by atomic mass is 10.1. The van der Waals surface area contributed by atoms with Crippen LogP contribution in [0.4, 0.5) is 5.82 Å². The van der Waals surface area contributed by atoms with E-state index in [4.69, 9.17) is 0 Å². The van der Waals surface area contributed by atoms with Gasteiger partial charge in [0.1, 0.15) is 5.82 Å². The van der Waals surface area contributed by atoms with Crippen molar-refractivity contribution in [3.05, 3.63) is 18.3 Å². The van der Waals surface area contributed by atoms with E-state index in [9.17, 15) is 8.42 Å². The summed E-state index contributed by atoms with van der Waals surface area (Å²) in [5.41, 5.74) is 1.17. The molecule has 2 rings (SSSR count). The summed E-state index contributed by atoms with van der Waals surface area (Å²) in [6, 6.07) is 1.98. The highest BCUT2D eigenvalue weighted by atomic mass is 32.2. The van der Waals surface area contributed by atoms with E-state index in [1.54, 1.807) is 6.20 Å². The molecule has 0 radical (unpaired) electrons. The maximum absolute atomic E-state index is 11.8. The molecule has 1 fully saturated rings. The highest BCUT2D eigenvalue weighted by Gasteiger charge is 2.31. The van der Waals surface area contributed by atoms with E-state index in [1.807, 2.05) is 17.7 Å². The van der Waals surface area contributed by atoms with Crippen LogP contribution in [0.25, 0.3) is 5.70 Å². The second-order valence-corrected chi connectivity index (χ2v) is 9.07. The van der Waals surface area contributed by atoms with Crippen LogP contribution in [0.2, 0.25) is 0 Å². The predicted molar refractivity (Wildman–Crippen MR) is 99.5 cm³/mol. The maximum Gasteiger partial charge on any atom is 0.153 e. The van der Waals surface area contributed by atoms with E-state index in [-0.39, 0.29) is 23.7 Å². The van der Waals surface area contributed by atoms with Crippen LogP contribution in [0.15, 0.2) is 18.3 Å². The van der Waals surface area contributed by atoms with E-state index in [1.165, 1.54) is 5.70 Å². The lowest BCUT2D eigenvalue weighted by Crippen LogP contribution is -2.53. The average molecular weight is 355 g/mol. The molecule has 6 nitrogen and oxygen atoms in total. The summed E-state index contributed by atoms with van der Waals surface area (Å²) in [6.45, 7) is 11.1. The fraction of sp³-hybridized carbons (Fsp3) is 0.706. The summed E-state index contributed by atoms with van der Waals surface area (Å²) in [5.74, 6) is 1.78. The Balaban J connectivity index is 2.15. The molecular weight excluding hydrogens is 324 g/mol. The van der Waals surface area contributed by atoms with Crippen LogP contribution in [0.5, 0.6) is 0 Å². The standard InChI is InChI=1S/C17H30N4O2S/c1-6-7-16(13(2)3)21-17(8-9-18-21)19-15(5)20-10-11-24(22,23)12-14(20)4/h7-9,13-15,19H,6,10-12H2,1-5H3. The van der Waals surface area contributed by atoms with Crippen LogP contribution in [-0.2, 0) is 9.84 Å². The van der Waals surface area contributed by atoms with Gasteiger partial charge in [0.25, 0.3) is 0 Å². The van der Waals surface area contributed by atoms with Gasteiger partial charge in [0.2, 0.25) is 0 Å². The summed E-state index contributed by atoms with van der Waals surface area (Å²) in [5, 5.41) is 7.97. The SMILES string of the molecule is CCC=C(C(C)C)n1nccc1NC(C)N1CCS(=O)(=O)CC1C. The minimum Gasteiger partial charge on any atom is -0.355 e. The third kappa shape index (κ3) is 4.39. The largest absolute Gasteiger partial charge is 0.355 e. The minimum absolute atomic E-state index is 0.0124. The molecule has 136 valence electrons. The second kappa shape index (κ2) is 7.70. The Bertz CT molecular complexity index is 679. The molecule has 1 saturated heterocycles. The summed E-state index contributed by atoms with van der Waals surface area (Å²) in [6.07, 6.45) is 5.00. The van der Waals surface area contributed by atoms with Crippen molar-refractivity contribution in [1.29, 1.82) is 0 Å². The first-order valence-electron chi connectivity index (χ1n) is 8.72. The van der Waals surface area contributed by atoms with Crippen LogP contribution < -0.4 is 5.32 Å². The molecule has 0 saturated carbocycles. The molecule has 0 amide bonds. The van der Waals surface area contributed by atoms with Crippen molar-refractivity contribution in [1.82, 2.24) is 14.7 Å². The first-order valence-corrected chi connectivity index (χ1v) is 10.5. The van der Waals surface area contributed by atoms with Gasteiger partial charge in [0.15, 0.2) is 9.84 Å². The van der Waals surface area contributed by atoms with Crippen LogP contribution in [0, 0.1) is 5.92 Å². The quantitative estimate of drug-likeness (QED) is 0.851. The molecule has 0 aliphatic carbocycles. The molecule has 2 heterocycles. The topological polar surface area (TPSA) is 67.2 Å². The molecule has 24 heavy (non-hydrogen) atoms. The van der Waals surface area contributed by atoms with E-state index in [0.717, 1.165) is 12.2 Å². The molecule has 1 aromatic rings. The number of rotatable bonds is 6. The van der Waals surface area contributed by atoms with Gasteiger partial charge in [-0.2, -0.15) is 5.10 Å². The molecule has 1 aliphatic rings. The molecule has 0 spiro atoms. The normalized spacial score (nSPS) is 23.4. The molecule has 0 aromatic carbocycles. The van der Waals surface area contributed by atoms with Gasteiger partial charge in [-0.1, -0.05) is 26.8 Å². The highest BCUT2D eigenvalue weighted by molar-refractivity contribution is 7.91. The van der Waals surface area contributed by atoms with Gasteiger partial charge in [-0.05, 0) is 26.2 Å². The smallest absolute Gasteiger partial charge is 0.153 e. The number of allylic oxidation sites excluding steroid dienone is 2. The van der Waals surface area contributed by atoms with Gasteiger partial charge < -0.3 is 5.32 Å². The van der Waals surface area contributed by atoms with Crippen molar-refractivity contribution in [2.75, 3.05) is 23.4 Å². The molecule has 0 bridgehead atoms. The van der Waals surface area contributed by atoms with Gasteiger partial charge in [-0.3, -0.25) is 4.90 Å². The van der Waals surface area contributed by atoms with Gasteiger partial charge >= 0.3 is 0 Å². The summed E-state index contributed by atoms with van der Waals surface area (Å²) >= 11 is 0. The minimum atomic E-state index is -2.90. The number of aromatic nitrogens is 2. The zero-order valence-corrected chi connectivity index (χ0v) is 16.2. The average Bonchev–Trinajstić information content (AvgIpc) is 2.90. The number of nitrogens with one attached hydrogen (secondary N) is 1. The van der Waals surface area contributed by atoms with Crippen molar-refractivity contribution in [2.24, 2.45) is 5.92 Å². The van der Waals surface area contributed by atoms with Crippen LogP contribution >= 0.6 is 0 Å². The first kappa shape index (κ1) is 19.0. The Labute approximate surface area is 145 Å². The van der Waals surface area contributed by atoms with Crippen LogP contribution in [-0.4, -0.2) is 53.4 Å². The molecule has 1 aromatic heterocycles. The zero-order valence-electron chi connectivity index (χ0n) is 15.4. The van der Waals surface area contributed by atoms with E-state index in [0.29, 0.717) is 12.5 Å². The fourth-order valence-corrected chi connectivity index (χ4v) is 4.86. The number of sulfone groups is 1. The third-order valence-corrected chi connectivity index (χ3v) is 6.26. The molecule has 2 atom stereocenters. The van der Waals surface area contributed by atoms with E-state index >= 15 is 0 Å². The Morgan fingerprint density at radius 2 is 2.17 bits per heavy atom. The molecule has 1 aliphatic heterocycles. The van der Waals surface area contributed by atoms with Crippen molar-refractivity contribution in [2.45, 2.75) is 53.2 Å². The Hall–Kier alpha value is -1.34. The van der Waals surface area contributed by atoms with Crippen molar-refractivity contribution in [3.63, 3.8) is 0 Å². The molecule has 2 unspecified atom stereocenters. The monoisotopic (exact) mass is 354 g/mol. The number of anilines is 1. The number of nitrogens with zero attached hydrogens (tertiary/aromatic N) is 3. The fourth-order valence-electron chi connectivity index (χ4n) is 3.28. The van der Waals surface area contributed by atoms with Gasteiger partial charge in [-0.15, -0.1) is 0 Å². The second-order valence-electron chi connectivity index (χ2n) is 6.84. The zero-order chi connectivity index (χ0) is 17.9. The highest BCUT2D eigenvalue weighted by Crippen LogP contribution is 2.23. The lowest BCUT2D eigenvalue weighted by Gasteiger charge is -2.38. The van der Waals surface area contributed by atoms with Crippen LogP contribution in [0.3, 0.4) is 0 Å². The Morgan fingerprint density at radius 3 is 2.75 bits per heavy atom. The summed E-state index contributed by atoms with van der Waals surface area (Å²) in [4.78, 5) is 2.21. The molecule has 7 heteroatoms. The van der Waals surface area contributed by atoms with Crippen molar-refractivity contribution >= 4 is 21.4 Å². The van der Waals surface area contributed by atoms with Gasteiger partial charge in [0, 0.05) is 24.4 Å². The Morgan fingerprint density at radius 1 is 1.46 bits per heavy atom. The van der Waals surface area contributed by atoms with Gasteiger partial charge in [0.05, 0.1) is 23.9 Å².